The Morgan fingerprint density at radius 2 is 1.76 bits per heavy atom. The van der Waals surface area contributed by atoms with Crippen molar-refractivity contribution >= 4 is 43.1 Å². The normalized spacial score (nSPS) is 11.6. The first-order valence-corrected chi connectivity index (χ1v) is 7.14. The van der Waals surface area contributed by atoms with Gasteiger partial charge in [-0.3, -0.25) is 0 Å². The molecule has 0 amide bonds. The zero-order chi connectivity index (χ0) is 12.8. The zero-order valence-corrected chi connectivity index (χ0v) is 12.2. The highest BCUT2D eigenvalue weighted by molar-refractivity contribution is 7.33. The van der Waals surface area contributed by atoms with Gasteiger partial charge < -0.3 is 0 Å². The lowest BCUT2D eigenvalue weighted by atomic mass is 10.2. The quantitative estimate of drug-likeness (QED) is 0.553. The highest BCUT2D eigenvalue weighted by Gasteiger charge is 2.18. The summed E-state index contributed by atoms with van der Waals surface area (Å²) < 4.78 is 20.8. The van der Waals surface area contributed by atoms with Crippen molar-refractivity contribution in [3.05, 3.63) is 32.8 Å². The largest absolute Gasteiger partial charge is 0.697 e. The molecule has 0 N–H and O–H groups in total. The Kier molecular flexibility index (Phi) is 6.71. The molecular weight excluding hydrogens is 305 g/mol. The van der Waals surface area contributed by atoms with Gasteiger partial charge in [-0.25, -0.2) is 0 Å². The van der Waals surface area contributed by atoms with Crippen molar-refractivity contribution in [2.45, 2.75) is 13.3 Å². The zero-order valence-electron chi connectivity index (χ0n) is 9.08. The van der Waals surface area contributed by atoms with Crippen molar-refractivity contribution in [1.29, 1.82) is 0 Å². The summed E-state index contributed by atoms with van der Waals surface area (Å²) >= 11 is 17.6. The van der Waals surface area contributed by atoms with Crippen LogP contribution in [0.5, 0.6) is 0 Å². The van der Waals surface area contributed by atoms with E-state index >= 15 is 0 Å². The number of rotatable bonds is 6. The van der Waals surface area contributed by atoms with Crippen molar-refractivity contribution in [2.75, 3.05) is 13.2 Å². The molecule has 0 heterocycles. The van der Waals surface area contributed by atoms with Crippen molar-refractivity contribution in [1.82, 2.24) is 0 Å². The van der Waals surface area contributed by atoms with E-state index in [-0.39, 0.29) is 6.61 Å². The van der Waals surface area contributed by atoms with E-state index in [1.807, 2.05) is 0 Å². The fraction of sp³-hybridized carbons (Fsp3) is 0.400. The van der Waals surface area contributed by atoms with Gasteiger partial charge in [-0.1, -0.05) is 34.8 Å². The number of halogens is 3. The topological polar surface area (TPSA) is 35.5 Å². The van der Waals surface area contributed by atoms with E-state index < -0.39 is 8.25 Å². The molecule has 1 atom stereocenters. The van der Waals surface area contributed by atoms with Crippen LogP contribution in [0.4, 0.5) is 0 Å². The maximum atomic E-state index is 11.1. The van der Waals surface area contributed by atoms with E-state index in [2.05, 4.69) is 0 Å². The third kappa shape index (κ3) is 5.09. The summed E-state index contributed by atoms with van der Waals surface area (Å²) in [6.45, 7) is 2.34. The predicted molar refractivity (Wildman–Crippen MR) is 70.4 cm³/mol. The Bertz CT molecular complexity index is 412. The molecule has 0 saturated carbocycles. The smallest absolute Gasteiger partial charge is 0.119 e. The Hall–Kier alpha value is 0.110. The number of hydrogen-bond donors (Lipinski definition) is 0. The van der Waals surface area contributed by atoms with Gasteiger partial charge in [-0.15, -0.1) is 9.05 Å². The highest BCUT2D eigenvalue weighted by atomic mass is 35.5. The molecule has 1 aromatic rings. The standard InChI is InChI=1S/C10H11Cl3O3P/c1-2-15-17(14)16-4-3-7-5-9(12)10(13)6-8(7)11/h5-6H,2-4H2,1H3/q+1. The molecule has 0 aliphatic heterocycles. The van der Waals surface area contributed by atoms with Gasteiger partial charge in [0, 0.05) is 16.0 Å². The average molecular weight is 317 g/mol. The minimum Gasteiger partial charge on any atom is -0.119 e. The molecule has 0 aromatic heterocycles. The highest BCUT2D eigenvalue weighted by Crippen LogP contribution is 2.30. The SMILES string of the molecule is CCO[P+](=O)OCCc1cc(Cl)c(Cl)cc1Cl. The summed E-state index contributed by atoms with van der Waals surface area (Å²) in [6, 6.07) is 3.24. The van der Waals surface area contributed by atoms with Crippen molar-refractivity contribution in [2.24, 2.45) is 0 Å². The van der Waals surface area contributed by atoms with Gasteiger partial charge in [0.1, 0.15) is 13.2 Å². The van der Waals surface area contributed by atoms with Gasteiger partial charge in [-0.05, 0) is 24.6 Å². The van der Waals surface area contributed by atoms with E-state index in [0.717, 1.165) is 5.56 Å². The van der Waals surface area contributed by atoms with E-state index in [4.69, 9.17) is 43.9 Å². The molecule has 1 rings (SSSR count). The van der Waals surface area contributed by atoms with Gasteiger partial charge in [0.15, 0.2) is 0 Å². The molecule has 3 nitrogen and oxygen atoms in total. The molecule has 94 valence electrons. The fourth-order valence-corrected chi connectivity index (χ4v) is 2.32. The minimum atomic E-state index is -2.05. The molecule has 0 radical (unpaired) electrons. The lowest BCUT2D eigenvalue weighted by Gasteiger charge is -2.04. The van der Waals surface area contributed by atoms with Crippen molar-refractivity contribution in [3.63, 3.8) is 0 Å². The number of hydrogen-bond acceptors (Lipinski definition) is 3. The third-order valence-corrected chi connectivity index (χ3v) is 3.83. The molecule has 0 aliphatic rings. The summed E-state index contributed by atoms with van der Waals surface area (Å²) in [6.07, 6.45) is 0.490. The van der Waals surface area contributed by atoms with Crippen LogP contribution in [0, 0.1) is 0 Å². The molecule has 7 heteroatoms. The summed E-state index contributed by atoms with van der Waals surface area (Å²) in [5, 5.41) is 1.34. The second-order valence-corrected chi connectivity index (χ2v) is 5.27. The summed E-state index contributed by atoms with van der Waals surface area (Å²) in [5.41, 5.74) is 0.793. The average Bonchev–Trinajstić information content (AvgIpc) is 2.26. The van der Waals surface area contributed by atoms with Crippen LogP contribution in [0.15, 0.2) is 12.1 Å². The van der Waals surface area contributed by atoms with Crippen LogP contribution in [0.25, 0.3) is 0 Å². The molecule has 0 fully saturated rings. The lowest BCUT2D eigenvalue weighted by Crippen LogP contribution is -1.95. The second-order valence-electron chi connectivity index (χ2n) is 3.08. The van der Waals surface area contributed by atoms with E-state index in [1.54, 1.807) is 19.1 Å². The molecule has 0 spiro atoms. The number of benzene rings is 1. The Labute approximate surface area is 116 Å². The maximum absolute atomic E-state index is 11.1. The third-order valence-electron chi connectivity index (χ3n) is 1.89. The Morgan fingerprint density at radius 1 is 1.12 bits per heavy atom. The van der Waals surface area contributed by atoms with Gasteiger partial charge in [0.25, 0.3) is 0 Å². The second kappa shape index (κ2) is 7.52. The first-order chi connectivity index (χ1) is 8.04. The minimum absolute atomic E-state index is 0.243. The molecular formula is C10H11Cl3O3P+. The van der Waals surface area contributed by atoms with Crippen LogP contribution in [0.3, 0.4) is 0 Å². The van der Waals surface area contributed by atoms with Crippen LogP contribution in [-0.2, 0) is 20.0 Å². The van der Waals surface area contributed by atoms with Gasteiger partial charge >= 0.3 is 8.25 Å². The lowest BCUT2D eigenvalue weighted by molar-refractivity contribution is 0.236. The van der Waals surface area contributed by atoms with E-state index in [9.17, 15) is 4.57 Å². The van der Waals surface area contributed by atoms with Crippen LogP contribution >= 0.6 is 43.1 Å². The van der Waals surface area contributed by atoms with Crippen LogP contribution in [-0.4, -0.2) is 13.2 Å². The molecule has 0 bridgehead atoms. The summed E-state index contributed by atoms with van der Waals surface area (Å²) in [4.78, 5) is 0. The molecule has 0 saturated heterocycles. The maximum Gasteiger partial charge on any atom is 0.697 e. The van der Waals surface area contributed by atoms with E-state index in [1.165, 1.54) is 0 Å². The van der Waals surface area contributed by atoms with Crippen LogP contribution < -0.4 is 0 Å². The Balaban J connectivity index is 2.52. The summed E-state index contributed by atoms with van der Waals surface area (Å²) in [7, 11) is -2.05. The monoisotopic (exact) mass is 315 g/mol. The van der Waals surface area contributed by atoms with Gasteiger partial charge in [-0.2, -0.15) is 0 Å². The first kappa shape index (κ1) is 15.2. The fourth-order valence-electron chi connectivity index (χ4n) is 1.13. The van der Waals surface area contributed by atoms with Gasteiger partial charge in [0.05, 0.1) is 10.0 Å². The van der Waals surface area contributed by atoms with E-state index in [0.29, 0.717) is 28.1 Å². The van der Waals surface area contributed by atoms with Gasteiger partial charge in [0.2, 0.25) is 0 Å². The predicted octanol–water partition coefficient (Wildman–Crippen LogP) is 4.90. The molecule has 0 aliphatic carbocycles. The van der Waals surface area contributed by atoms with Crippen LogP contribution in [0.1, 0.15) is 12.5 Å². The summed E-state index contributed by atoms with van der Waals surface area (Å²) in [5.74, 6) is 0. The Morgan fingerprint density at radius 3 is 2.41 bits per heavy atom. The molecule has 1 aromatic carbocycles. The molecule has 17 heavy (non-hydrogen) atoms. The van der Waals surface area contributed by atoms with Crippen molar-refractivity contribution in [3.8, 4) is 0 Å². The molecule has 1 unspecified atom stereocenters. The first-order valence-electron chi connectivity index (χ1n) is 4.91. The van der Waals surface area contributed by atoms with Crippen molar-refractivity contribution < 1.29 is 13.6 Å². The van der Waals surface area contributed by atoms with Crippen LogP contribution in [0.2, 0.25) is 15.1 Å².